The molecular formula is C25H24ClN3O3. The molecule has 164 valence electrons. The number of benzene rings is 1. The summed E-state index contributed by atoms with van der Waals surface area (Å²) in [6, 6.07) is 9.88. The maximum absolute atomic E-state index is 13.3. The van der Waals surface area contributed by atoms with Gasteiger partial charge in [-0.2, -0.15) is 0 Å². The van der Waals surface area contributed by atoms with Crippen molar-refractivity contribution in [2.45, 2.75) is 26.3 Å². The highest BCUT2D eigenvalue weighted by molar-refractivity contribution is 6.33. The number of aromatic nitrogens is 2. The van der Waals surface area contributed by atoms with Gasteiger partial charge in [0.15, 0.2) is 5.75 Å². The van der Waals surface area contributed by atoms with Crippen molar-refractivity contribution in [2.75, 3.05) is 26.4 Å². The summed E-state index contributed by atoms with van der Waals surface area (Å²) < 4.78 is 11.5. The minimum atomic E-state index is -0.0866. The lowest BCUT2D eigenvalue weighted by Gasteiger charge is -2.33. The second-order valence-corrected chi connectivity index (χ2v) is 8.68. The van der Waals surface area contributed by atoms with E-state index in [1.807, 2.05) is 55.4 Å². The van der Waals surface area contributed by atoms with E-state index in [1.54, 1.807) is 0 Å². The van der Waals surface area contributed by atoms with Gasteiger partial charge in [0, 0.05) is 30.2 Å². The molecule has 0 spiro atoms. The van der Waals surface area contributed by atoms with Crippen molar-refractivity contribution in [1.82, 2.24) is 14.9 Å². The second-order valence-electron chi connectivity index (χ2n) is 8.31. The van der Waals surface area contributed by atoms with Crippen LogP contribution in [0.1, 0.15) is 32.7 Å². The lowest BCUT2D eigenvalue weighted by Crippen LogP contribution is -2.50. The maximum atomic E-state index is 13.3. The van der Waals surface area contributed by atoms with Gasteiger partial charge in [0.25, 0.3) is 5.91 Å². The van der Waals surface area contributed by atoms with Crippen LogP contribution in [0, 0.1) is 13.8 Å². The molecule has 2 aromatic heterocycles. The molecule has 0 aliphatic carbocycles. The molecule has 2 aliphatic rings. The summed E-state index contributed by atoms with van der Waals surface area (Å²) in [6.45, 7) is 5.90. The van der Waals surface area contributed by atoms with E-state index in [1.165, 1.54) is 0 Å². The predicted octanol–water partition coefficient (Wildman–Crippen LogP) is 4.24. The van der Waals surface area contributed by atoms with E-state index < -0.39 is 0 Å². The van der Waals surface area contributed by atoms with Crippen LogP contribution < -0.4 is 4.74 Å². The summed E-state index contributed by atoms with van der Waals surface area (Å²) in [7, 11) is 0. The SMILES string of the molecule is Cc1ccc(-c2ccc(Cc3cc4c(c(Cl)c3C)OC[C@H]3COCCN3C4=O)cn2)cn1. The second kappa shape index (κ2) is 8.52. The Hall–Kier alpha value is -2.96. The van der Waals surface area contributed by atoms with E-state index >= 15 is 0 Å². The number of ether oxygens (including phenoxy) is 2. The molecule has 0 bridgehead atoms. The average molecular weight is 450 g/mol. The number of amides is 1. The summed E-state index contributed by atoms with van der Waals surface area (Å²) in [5.74, 6) is 0.432. The molecule has 7 heteroatoms. The number of halogens is 1. The smallest absolute Gasteiger partial charge is 0.258 e. The molecule has 3 aromatic rings. The highest BCUT2D eigenvalue weighted by Crippen LogP contribution is 2.38. The lowest BCUT2D eigenvalue weighted by atomic mass is 9.97. The number of rotatable bonds is 3. The molecular weight excluding hydrogens is 426 g/mol. The Morgan fingerprint density at radius 1 is 1.12 bits per heavy atom. The van der Waals surface area contributed by atoms with Crippen molar-refractivity contribution in [2.24, 2.45) is 0 Å². The first kappa shape index (κ1) is 20.9. The van der Waals surface area contributed by atoms with Gasteiger partial charge >= 0.3 is 0 Å². The lowest BCUT2D eigenvalue weighted by molar-refractivity contribution is -0.0109. The summed E-state index contributed by atoms with van der Waals surface area (Å²) in [5.41, 5.74) is 6.30. The number of nitrogens with zero attached hydrogens (tertiary/aromatic N) is 3. The third kappa shape index (κ3) is 3.85. The van der Waals surface area contributed by atoms with Crippen LogP contribution in [0.4, 0.5) is 0 Å². The fraction of sp³-hybridized carbons (Fsp3) is 0.320. The van der Waals surface area contributed by atoms with Crippen LogP contribution >= 0.6 is 11.6 Å². The molecule has 5 rings (SSSR count). The molecule has 1 saturated heterocycles. The summed E-state index contributed by atoms with van der Waals surface area (Å²) in [6.07, 6.45) is 4.32. The van der Waals surface area contributed by atoms with E-state index in [0.717, 1.165) is 33.6 Å². The fourth-order valence-corrected chi connectivity index (χ4v) is 4.47. The van der Waals surface area contributed by atoms with Crippen molar-refractivity contribution in [3.63, 3.8) is 0 Å². The van der Waals surface area contributed by atoms with E-state index in [4.69, 9.17) is 21.1 Å². The number of carbonyl (C=O) groups is 1. The number of carbonyl (C=O) groups excluding carboxylic acids is 1. The van der Waals surface area contributed by atoms with Gasteiger partial charge < -0.3 is 14.4 Å². The number of pyridine rings is 2. The maximum Gasteiger partial charge on any atom is 0.258 e. The Labute approximate surface area is 192 Å². The zero-order chi connectivity index (χ0) is 22.2. The molecule has 1 aromatic carbocycles. The summed E-state index contributed by atoms with van der Waals surface area (Å²) >= 11 is 6.69. The highest BCUT2D eigenvalue weighted by Gasteiger charge is 2.35. The highest BCUT2D eigenvalue weighted by atomic mass is 35.5. The Bertz CT molecular complexity index is 1160. The van der Waals surface area contributed by atoms with Crippen molar-refractivity contribution in [1.29, 1.82) is 0 Å². The fourth-order valence-electron chi connectivity index (χ4n) is 4.19. The standard InChI is InChI=1S/C25H24ClN3O3/c1-15-3-5-18(12-27-15)22-6-4-17(11-28-22)9-19-10-21-24(23(26)16(19)2)32-14-20-13-31-8-7-29(20)25(21)30/h3-6,10-12,20H,7-9,13-14H2,1-2H3/t20-/m1/s1. The molecule has 0 saturated carbocycles. The normalized spacial score (nSPS) is 17.9. The molecule has 0 N–H and O–H groups in total. The first-order valence-corrected chi connectivity index (χ1v) is 11.1. The Morgan fingerprint density at radius 2 is 2.00 bits per heavy atom. The molecule has 1 atom stereocenters. The van der Waals surface area contributed by atoms with Crippen molar-refractivity contribution in [3.8, 4) is 17.0 Å². The van der Waals surface area contributed by atoms with Gasteiger partial charge in [-0.05, 0) is 61.2 Å². The van der Waals surface area contributed by atoms with E-state index in [9.17, 15) is 4.79 Å². The van der Waals surface area contributed by atoms with Gasteiger partial charge in [-0.3, -0.25) is 14.8 Å². The number of morpholine rings is 1. The number of hydrogen-bond donors (Lipinski definition) is 0. The summed E-state index contributed by atoms with van der Waals surface area (Å²) in [5, 5.41) is 0.502. The first-order valence-electron chi connectivity index (χ1n) is 10.7. The van der Waals surface area contributed by atoms with Gasteiger partial charge in [-0.1, -0.05) is 17.7 Å². The Kier molecular flexibility index (Phi) is 5.57. The van der Waals surface area contributed by atoms with Crippen LogP contribution in [0.3, 0.4) is 0 Å². The molecule has 2 aliphatic heterocycles. The van der Waals surface area contributed by atoms with Crippen molar-refractivity contribution >= 4 is 17.5 Å². The third-order valence-electron chi connectivity index (χ3n) is 6.14. The van der Waals surface area contributed by atoms with Crippen LogP contribution in [0.25, 0.3) is 11.3 Å². The predicted molar refractivity (Wildman–Crippen MR) is 122 cm³/mol. The molecule has 6 nitrogen and oxygen atoms in total. The number of hydrogen-bond acceptors (Lipinski definition) is 5. The van der Waals surface area contributed by atoms with Crippen molar-refractivity contribution < 1.29 is 14.3 Å². The zero-order valence-corrected chi connectivity index (χ0v) is 18.9. The van der Waals surface area contributed by atoms with Gasteiger partial charge in [0.05, 0.1) is 35.5 Å². The molecule has 4 heterocycles. The summed E-state index contributed by atoms with van der Waals surface area (Å²) in [4.78, 5) is 24.1. The Morgan fingerprint density at radius 3 is 2.75 bits per heavy atom. The van der Waals surface area contributed by atoms with Gasteiger partial charge in [-0.15, -0.1) is 0 Å². The van der Waals surface area contributed by atoms with Crippen molar-refractivity contribution in [3.05, 3.63) is 75.7 Å². The first-order chi connectivity index (χ1) is 15.5. The van der Waals surface area contributed by atoms with Crippen LogP contribution in [0.15, 0.2) is 42.7 Å². The van der Waals surface area contributed by atoms with Gasteiger partial charge in [0.1, 0.15) is 6.61 Å². The van der Waals surface area contributed by atoms with E-state index in [-0.39, 0.29) is 11.9 Å². The molecule has 32 heavy (non-hydrogen) atoms. The van der Waals surface area contributed by atoms with E-state index in [2.05, 4.69) is 16.0 Å². The quantitative estimate of drug-likeness (QED) is 0.598. The zero-order valence-electron chi connectivity index (χ0n) is 18.1. The molecule has 0 unspecified atom stereocenters. The average Bonchev–Trinajstić information content (AvgIpc) is 2.95. The Balaban J connectivity index is 1.44. The molecule has 0 radical (unpaired) electrons. The van der Waals surface area contributed by atoms with E-state index in [0.29, 0.717) is 49.1 Å². The van der Waals surface area contributed by atoms with Gasteiger partial charge in [-0.25, -0.2) is 0 Å². The number of aryl methyl sites for hydroxylation is 1. The van der Waals surface area contributed by atoms with Crippen LogP contribution in [-0.4, -0.2) is 53.2 Å². The van der Waals surface area contributed by atoms with Crippen LogP contribution in [0.5, 0.6) is 5.75 Å². The largest absolute Gasteiger partial charge is 0.489 e. The van der Waals surface area contributed by atoms with Gasteiger partial charge in [0.2, 0.25) is 0 Å². The topological polar surface area (TPSA) is 64.6 Å². The minimum Gasteiger partial charge on any atom is -0.489 e. The molecule has 1 amide bonds. The third-order valence-corrected chi connectivity index (χ3v) is 6.59. The monoisotopic (exact) mass is 449 g/mol. The minimum absolute atomic E-state index is 0.0470. The van der Waals surface area contributed by atoms with Crippen LogP contribution in [0.2, 0.25) is 5.02 Å². The number of fused-ring (bicyclic) bond motifs is 2. The van der Waals surface area contributed by atoms with Crippen LogP contribution in [-0.2, 0) is 11.2 Å². The molecule has 1 fully saturated rings.